The zero-order valence-electron chi connectivity index (χ0n) is 14.3. The highest BCUT2D eigenvalue weighted by atomic mass is 32.2. The van der Waals surface area contributed by atoms with Crippen LogP contribution in [0.15, 0.2) is 16.0 Å². The summed E-state index contributed by atoms with van der Waals surface area (Å²) >= 11 is 1.38. The van der Waals surface area contributed by atoms with Gasteiger partial charge >= 0.3 is 0 Å². The van der Waals surface area contributed by atoms with Crippen LogP contribution in [-0.2, 0) is 11.3 Å². The number of rotatable bonds is 6. The maximum absolute atomic E-state index is 12.8. The summed E-state index contributed by atoms with van der Waals surface area (Å²) < 4.78 is 1.71. The molecular weight excluding hydrogens is 324 g/mol. The minimum Gasteiger partial charge on any atom is -0.353 e. The third-order valence-electron chi connectivity index (χ3n) is 4.36. The summed E-state index contributed by atoms with van der Waals surface area (Å²) in [5.74, 6) is 0.479. The molecule has 1 N–H and O–H groups in total. The molecular formula is C17H24N4O2S. The Kier molecular flexibility index (Phi) is 5.28. The van der Waals surface area contributed by atoms with Crippen LogP contribution in [0, 0.1) is 6.92 Å². The quantitative estimate of drug-likeness (QED) is 0.643. The summed E-state index contributed by atoms with van der Waals surface area (Å²) in [6, 6.07) is 1.88. The summed E-state index contributed by atoms with van der Waals surface area (Å²) in [7, 11) is 0. The lowest BCUT2D eigenvalue weighted by atomic mass is 10.3. The lowest BCUT2D eigenvalue weighted by Gasteiger charge is -2.16. The molecule has 0 atom stereocenters. The third kappa shape index (κ3) is 3.50. The number of H-pyrrole nitrogens is 1. The Morgan fingerprint density at radius 2 is 2.12 bits per heavy atom. The maximum Gasteiger partial charge on any atom is 0.278 e. The minimum atomic E-state index is -0.0438. The number of nitrogens with zero attached hydrogens (tertiary/aromatic N) is 3. The van der Waals surface area contributed by atoms with Crippen LogP contribution in [0.1, 0.15) is 38.3 Å². The van der Waals surface area contributed by atoms with Crippen molar-refractivity contribution >= 4 is 28.7 Å². The standard InChI is InChI=1S/C17H24N4O2S/c1-3-4-9-21-16(23)15-13(10-12(2)18-15)19-17(21)24-11-14(22)20-7-5-6-8-20/h10,18H,3-9,11H2,1-2H3. The molecule has 0 unspecified atom stereocenters. The van der Waals surface area contributed by atoms with Crippen molar-refractivity contribution in [1.29, 1.82) is 0 Å². The molecule has 1 aliphatic rings. The van der Waals surface area contributed by atoms with Crippen LogP contribution in [0.5, 0.6) is 0 Å². The number of hydrogen-bond acceptors (Lipinski definition) is 4. The van der Waals surface area contributed by atoms with E-state index in [-0.39, 0.29) is 11.5 Å². The van der Waals surface area contributed by atoms with Crippen molar-refractivity contribution in [2.75, 3.05) is 18.8 Å². The number of nitrogens with one attached hydrogen (secondary N) is 1. The molecule has 0 spiro atoms. The molecule has 6 nitrogen and oxygen atoms in total. The fraction of sp³-hybridized carbons (Fsp3) is 0.588. The maximum atomic E-state index is 12.8. The molecule has 0 radical (unpaired) electrons. The number of thioether (sulfide) groups is 1. The Morgan fingerprint density at radius 1 is 1.38 bits per heavy atom. The van der Waals surface area contributed by atoms with Crippen LogP contribution in [-0.4, -0.2) is 44.2 Å². The Bertz CT molecular complexity index is 790. The third-order valence-corrected chi connectivity index (χ3v) is 5.32. The van der Waals surface area contributed by atoms with Crippen LogP contribution in [0.3, 0.4) is 0 Å². The molecule has 1 aliphatic heterocycles. The minimum absolute atomic E-state index is 0.0438. The van der Waals surface area contributed by atoms with Gasteiger partial charge in [0.15, 0.2) is 5.16 Å². The predicted octanol–water partition coefficient (Wildman–Crippen LogP) is 2.55. The van der Waals surface area contributed by atoms with Crippen molar-refractivity contribution in [1.82, 2.24) is 19.4 Å². The van der Waals surface area contributed by atoms with Gasteiger partial charge in [-0.2, -0.15) is 0 Å². The van der Waals surface area contributed by atoms with Crippen LogP contribution >= 0.6 is 11.8 Å². The van der Waals surface area contributed by atoms with E-state index in [9.17, 15) is 9.59 Å². The van der Waals surface area contributed by atoms with Gasteiger partial charge in [0.05, 0.1) is 11.3 Å². The number of hydrogen-bond donors (Lipinski definition) is 1. The van der Waals surface area contributed by atoms with Crippen molar-refractivity contribution in [2.24, 2.45) is 0 Å². The van der Waals surface area contributed by atoms with Gasteiger partial charge in [-0.1, -0.05) is 25.1 Å². The first-order chi connectivity index (χ1) is 11.6. The summed E-state index contributed by atoms with van der Waals surface area (Å²) in [4.78, 5) is 34.7. The van der Waals surface area contributed by atoms with E-state index in [1.54, 1.807) is 4.57 Å². The molecule has 1 saturated heterocycles. The first kappa shape index (κ1) is 17.1. The highest BCUT2D eigenvalue weighted by Crippen LogP contribution is 2.20. The predicted molar refractivity (Wildman–Crippen MR) is 96.5 cm³/mol. The fourth-order valence-corrected chi connectivity index (χ4v) is 3.95. The number of likely N-dealkylation sites (tertiary alicyclic amines) is 1. The van der Waals surface area contributed by atoms with E-state index in [2.05, 4.69) is 16.9 Å². The average molecular weight is 348 g/mol. The molecule has 2 aromatic heterocycles. The van der Waals surface area contributed by atoms with E-state index in [1.807, 2.05) is 17.9 Å². The molecule has 2 aromatic rings. The number of unbranched alkanes of at least 4 members (excludes halogenated alkanes) is 1. The summed E-state index contributed by atoms with van der Waals surface area (Å²) in [5, 5.41) is 0.646. The van der Waals surface area contributed by atoms with Gasteiger partial charge in [0.2, 0.25) is 5.91 Å². The van der Waals surface area contributed by atoms with E-state index in [0.29, 0.717) is 28.5 Å². The van der Waals surface area contributed by atoms with E-state index in [0.717, 1.165) is 44.5 Å². The van der Waals surface area contributed by atoms with Crippen molar-refractivity contribution in [2.45, 2.75) is 51.2 Å². The topological polar surface area (TPSA) is 71.0 Å². The average Bonchev–Trinajstić information content (AvgIpc) is 3.21. The zero-order chi connectivity index (χ0) is 17.1. The number of fused-ring (bicyclic) bond motifs is 1. The smallest absolute Gasteiger partial charge is 0.278 e. The van der Waals surface area contributed by atoms with Crippen LogP contribution < -0.4 is 5.56 Å². The lowest BCUT2D eigenvalue weighted by molar-refractivity contribution is -0.127. The molecule has 1 fully saturated rings. The van der Waals surface area contributed by atoms with Crippen LogP contribution in [0.2, 0.25) is 0 Å². The highest BCUT2D eigenvalue weighted by molar-refractivity contribution is 7.99. The monoisotopic (exact) mass is 348 g/mol. The van der Waals surface area contributed by atoms with Crippen molar-refractivity contribution in [3.8, 4) is 0 Å². The van der Waals surface area contributed by atoms with Gasteiger partial charge in [-0.25, -0.2) is 4.98 Å². The van der Waals surface area contributed by atoms with E-state index in [4.69, 9.17) is 0 Å². The SMILES string of the molecule is CCCCn1c(SCC(=O)N2CCCC2)nc2cc(C)[nH]c2c1=O. The lowest BCUT2D eigenvalue weighted by Crippen LogP contribution is -2.30. The van der Waals surface area contributed by atoms with Crippen LogP contribution in [0.4, 0.5) is 0 Å². The van der Waals surface area contributed by atoms with Gasteiger partial charge < -0.3 is 9.88 Å². The number of carbonyl (C=O) groups is 1. The normalized spacial score (nSPS) is 14.7. The van der Waals surface area contributed by atoms with Gasteiger partial charge in [0, 0.05) is 25.3 Å². The number of carbonyl (C=O) groups excluding carboxylic acids is 1. The van der Waals surface area contributed by atoms with Crippen molar-refractivity contribution in [3.05, 3.63) is 22.1 Å². The largest absolute Gasteiger partial charge is 0.353 e. The highest BCUT2D eigenvalue weighted by Gasteiger charge is 2.20. The zero-order valence-corrected chi connectivity index (χ0v) is 15.1. The number of aryl methyl sites for hydroxylation is 1. The molecule has 0 aliphatic carbocycles. The van der Waals surface area contributed by atoms with Gasteiger partial charge in [0.1, 0.15) is 5.52 Å². The summed E-state index contributed by atoms with van der Waals surface area (Å²) in [5.41, 5.74) is 2.12. The number of amides is 1. The van der Waals surface area contributed by atoms with E-state index >= 15 is 0 Å². The molecule has 3 heterocycles. The Morgan fingerprint density at radius 3 is 2.83 bits per heavy atom. The molecule has 130 valence electrons. The van der Waals surface area contributed by atoms with Gasteiger partial charge in [-0.05, 0) is 32.3 Å². The second-order valence-corrected chi connectivity index (χ2v) is 7.24. The molecule has 0 aromatic carbocycles. The molecule has 7 heteroatoms. The first-order valence-corrected chi connectivity index (χ1v) is 9.59. The molecule has 0 saturated carbocycles. The van der Waals surface area contributed by atoms with Gasteiger partial charge in [-0.3, -0.25) is 14.2 Å². The molecule has 24 heavy (non-hydrogen) atoms. The van der Waals surface area contributed by atoms with Crippen LogP contribution in [0.25, 0.3) is 11.0 Å². The fourth-order valence-electron chi connectivity index (χ4n) is 3.02. The Balaban J connectivity index is 1.86. The number of aromatic nitrogens is 3. The molecule has 1 amide bonds. The Labute approximate surface area is 145 Å². The van der Waals surface area contributed by atoms with Gasteiger partial charge in [0.25, 0.3) is 5.56 Å². The van der Waals surface area contributed by atoms with Gasteiger partial charge in [-0.15, -0.1) is 0 Å². The van der Waals surface area contributed by atoms with Crippen molar-refractivity contribution in [3.63, 3.8) is 0 Å². The second kappa shape index (κ2) is 7.42. The van der Waals surface area contributed by atoms with E-state index < -0.39 is 0 Å². The number of aromatic amines is 1. The first-order valence-electron chi connectivity index (χ1n) is 8.61. The van der Waals surface area contributed by atoms with E-state index in [1.165, 1.54) is 11.8 Å². The summed E-state index contributed by atoms with van der Waals surface area (Å²) in [6.45, 7) is 6.36. The van der Waals surface area contributed by atoms with Crippen molar-refractivity contribution < 1.29 is 4.79 Å². The second-order valence-electron chi connectivity index (χ2n) is 6.29. The molecule has 0 bridgehead atoms. The Hall–Kier alpha value is -1.76. The summed E-state index contributed by atoms with van der Waals surface area (Å²) in [6.07, 6.45) is 4.10. The molecule has 3 rings (SSSR count).